The average Bonchev–Trinajstić information content (AvgIpc) is 3.19. The number of carbonyl (C=O) groups excluding carboxylic acids is 1. The van der Waals surface area contributed by atoms with Crippen molar-refractivity contribution in [2.24, 2.45) is 5.92 Å². The molecule has 3 heterocycles. The lowest BCUT2D eigenvalue weighted by atomic mass is 9.97. The van der Waals surface area contributed by atoms with Crippen LogP contribution in [0.3, 0.4) is 0 Å². The van der Waals surface area contributed by atoms with E-state index in [1.807, 2.05) is 30.3 Å². The highest BCUT2D eigenvalue weighted by Gasteiger charge is 2.22. The van der Waals surface area contributed by atoms with Crippen LogP contribution >= 0.6 is 11.6 Å². The Bertz CT molecular complexity index is 1030. The molecule has 32 heavy (non-hydrogen) atoms. The molecule has 1 aliphatic rings. The summed E-state index contributed by atoms with van der Waals surface area (Å²) in [6.45, 7) is 7.84. The van der Waals surface area contributed by atoms with Crippen molar-refractivity contribution in [3.8, 4) is 0 Å². The summed E-state index contributed by atoms with van der Waals surface area (Å²) < 4.78 is 6.10. The number of benzene rings is 1. The van der Waals surface area contributed by atoms with E-state index in [1.54, 1.807) is 18.5 Å². The fourth-order valence-corrected chi connectivity index (χ4v) is 4.46. The third kappa shape index (κ3) is 5.49. The van der Waals surface area contributed by atoms with Gasteiger partial charge in [-0.25, -0.2) is 0 Å². The van der Waals surface area contributed by atoms with Gasteiger partial charge < -0.3 is 19.9 Å². The number of likely N-dealkylation sites (tertiary alicyclic amines) is 1. The first-order valence-electron chi connectivity index (χ1n) is 11.3. The van der Waals surface area contributed by atoms with Gasteiger partial charge in [0.15, 0.2) is 0 Å². The number of hydrogen-bond acceptors (Lipinski definition) is 4. The van der Waals surface area contributed by atoms with Crippen LogP contribution in [0.25, 0.3) is 10.9 Å². The SMILES string of the molecule is CC(C)N1CCC(COCC(NC(=O)c2ccc3c(Cl)c[nH]c3c2)c2ccccn2)CC1. The average molecular weight is 455 g/mol. The van der Waals surface area contributed by atoms with Gasteiger partial charge in [-0.1, -0.05) is 23.7 Å². The maximum Gasteiger partial charge on any atom is 0.251 e. The number of hydrogen-bond donors (Lipinski definition) is 2. The van der Waals surface area contributed by atoms with Crippen LogP contribution in [0.2, 0.25) is 5.02 Å². The molecule has 0 aliphatic carbocycles. The predicted molar refractivity (Wildman–Crippen MR) is 128 cm³/mol. The molecule has 1 aliphatic heterocycles. The number of nitrogens with one attached hydrogen (secondary N) is 2. The Morgan fingerprint density at radius 3 is 2.81 bits per heavy atom. The summed E-state index contributed by atoms with van der Waals surface area (Å²) in [6.07, 6.45) is 5.77. The number of carbonyl (C=O) groups is 1. The minimum absolute atomic E-state index is 0.165. The Morgan fingerprint density at radius 1 is 1.28 bits per heavy atom. The number of halogens is 1. The molecule has 3 aromatic rings. The van der Waals surface area contributed by atoms with E-state index in [0.29, 0.717) is 35.8 Å². The van der Waals surface area contributed by atoms with Gasteiger partial charge in [0.1, 0.15) is 0 Å². The second kappa shape index (κ2) is 10.5. The smallest absolute Gasteiger partial charge is 0.251 e. The topological polar surface area (TPSA) is 70.2 Å². The molecule has 0 bridgehead atoms. The quantitative estimate of drug-likeness (QED) is 0.511. The second-order valence-electron chi connectivity index (χ2n) is 8.79. The fourth-order valence-electron chi connectivity index (χ4n) is 4.25. The van der Waals surface area contributed by atoms with Crippen molar-refractivity contribution in [2.45, 2.75) is 38.8 Å². The van der Waals surface area contributed by atoms with Crippen LogP contribution in [-0.4, -0.2) is 53.1 Å². The molecule has 0 saturated carbocycles. The number of pyridine rings is 1. The summed E-state index contributed by atoms with van der Waals surface area (Å²) in [7, 11) is 0. The summed E-state index contributed by atoms with van der Waals surface area (Å²) >= 11 is 6.15. The molecular formula is C25H31ClN4O2. The van der Waals surface area contributed by atoms with Gasteiger partial charge in [-0.3, -0.25) is 9.78 Å². The van der Waals surface area contributed by atoms with Gasteiger partial charge in [0.2, 0.25) is 0 Å². The molecule has 0 spiro atoms. The summed E-state index contributed by atoms with van der Waals surface area (Å²) in [5.74, 6) is 0.396. The Morgan fingerprint density at radius 2 is 2.09 bits per heavy atom. The van der Waals surface area contributed by atoms with Crippen molar-refractivity contribution in [1.29, 1.82) is 0 Å². The summed E-state index contributed by atoms with van der Waals surface area (Å²) in [5.41, 5.74) is 2.19. The van der Waals surface area contributed by atoms with Crippen molar-refractivity contribution in [3.63, 3.8) is 0 Å². The highest BCUT2D eigenvalue weighted by atomic mass is 35.5. The van der Waals surface area contributed by atoms with E-state index in [9.17, 15) is 4.79 Å². The number of aromatic amines is 1. The van der Waals surface area contributed by atoms with Crippen LogP contribution in [0.5, 0.6) is 0 Å². The minimum atomic E-state index is -0.317. The third-order valence-corrected chi connectivity index (χ3v) is 6.57. The molecule has 170 valence electrons. The molecule has 1 atom stereocenters. The molecule has 2 N–H and O–H groups in total. The highest BCUT2D eigenvalue weighted by Crippen LogP contribution is 2.24. The zero-order valence-corrected chi connectivity index (χ0v) is 19.4. The molecule has 2 aromatic heterocycles. The lowest BCUT2D eigenvalue weighted by molar-refractivity contribution is 0.0468. The summed E-state index contributed by atoms with van der Waals surface area (Å²) in [4.78, 5) is 23.1. The van der Waals surface area contributed by atoms with Crippen molar-refractivity contribution in [2.75, 3.05) is 26.3 Å². The zero-order chi connectivity index (χ0) is 22.5. The molecule has 1 aromatic carbocycles. The molecular weight excluding hydrogens is 424 g/mol. The van der Waals surface area contributed by atoms with Crippen LogP contribution in [-0.2, 0) is 4.74 Å². The van der Waals surface area contributed by atoms with Crippen LogP contribution in [0.1, 0.15) is 48.8 Å². The number of piperidine rings is 1. The van der Waals surface area contributed by atoms with E-state index in [-0.39, 0.29) is 11.9 Å². The van der Waals surface area contributed by atoms with Gasteiger partial charge in [0.05, 0.1) is 23.4 Å². The van der Waals surface area contributed by atoms with Crippen LogP contribution in [0, 0.1) is 5.92 Å². The Labute approximate surface area is 194 Å². The van der Waals surface area contributed by atoms with Gasteiger partial charge in [-0.15, -0.1) is 0 Å². The van der Waals surface area contributed by atoms with Gasteiger partial charge >= 0.3 is 0 Å². The number of H-pyrrole nitrogens is 1. The second-order valence-corrected chi connectivity index (χ2v) is 9.20. The Kier molecular flexibility index (Phi) is 7.45. The lowest BCUT2D eigenvalue weighted by Crippen LogP contribution is -2.39. The summed E-state index contributed by atoms with van der Waals surface area (Å²) in [6, 6.07) is 11.5. The van der Waals surface area contributed by atoms with Crippen LogP contribution < -0.4 is 5.32 Å². The standard InChI is InChI=1S/C25H31ClN4O2/c1-17(2)30-11-8-18(9-12-30)15-32-16-24(22-5-3-4-10-27-22)29-25(31)19-6-7-20-21(26)14-28-23(20)13-19/h3-7,10,13-14,17-18,24,28H,8-9,11-12,15-16H2,1-2H3,(H,29,31). The highest BCUT2D eigenvalue weighted by molar-refractivity contribution is 6.35. The molecule has 6 nitrogen and oxygen atoms in total. The van der Waals surface area contributed by atoms with Crippen molar-refractivity contribution in [1.82, 2.24) is 20.2 Å². The lowest BCUT2D eigenvalue weighted by Gasteiger charge is -2.34. The normalized spacial score (nSPS) is 16.5. The third-order valence-electron chi connectivity index (χ3n) is 6.26. The maximum absolute atomic E-state index is 13.0. The molecule has 0 radical (unpaired) electrons. The molecule has 4 rings (SSSR count). The predicted octanol–water partition coefficient (Wildman–Crippen LogP) is 4.82. The number of rotatable bonds is 8. The first-order chi connectivity index (χ1) is 15.5. The summed E-state index contributed by atoms with van der Waals surface area (Å²) in [5, 5.41) is 4.64. The molecule has 1 unspecified atom stereocenters. The van der Waals surface area contributed by atoms with Gasteiger partial charge in [0, 0.05) is 41.5 Å². The first kappa shape index (κ1) is 22.8. The Hall–Kier alpha value is -2.41. The number of nitrogens with zero attached hydrogens (tertiary/aromatic N) is 2. The van der Waals surface area contributed by atoms with E-state index in [2.05, 4.69) is 34.0 Å². The molecule has 1 amide bonds. The van der Waals surface area contributed by atoms with E-state index in [0.717, 1.165) is 42.5 Å². The van der Waals surface area contributed by atoms with Crippen LogP contribution in [0.15, 0.2) is 48.8 Å². The van der Waals surface area contributed by atoms with Gasteiger partial charge in [-0.05, 0) is 70.0 Å². The number of ether oxygens (including phenoxy) is 1. The zero-order valence-electron chi connectivity index (χ0n) is 18.7. The van der Waals surface area contributed by atoms with Crippen molar-refractivity contribution < 1.29 is 9.53 Å². The largest absolute Gasteiger partial charge is 0.379 e. The molecule has 7 heteroatoms. The molecule has 1 fully saturated rings. The van der Waals surface area contributed by atoms with E-state index < -0.39 is 0 Å². The van der Waals surface area contributed by atoms with Crippen molar-refractivity contribution >= 4 is 28.4 Å². The first-order valence-corrected chi connectivity index (χ1v) is 11.7. The van der Waals surface area contributed by atoms with E-state index in [1.165, 1.54) is 0 Å². The monoisotopic (exact) mass is 454 g/mol. The minimum Gasteiger partial charge on any atom is -0.379 e. The van der Waals surface area contributed by atoms with Crippen LogP contribution in [0.4, 0.5) is 0 Å². The molecule has 1 saturated heterocycles. The number of amides is 1. The van der Waals surface area contributed by atoms with Crippen molar-refractivity contribution in [3.05, 3.63) is 65.1 Å². The van der Waals surface area contributed by atoms with Gasteiger partial charge in [0.25, 0.3) is 5.91 Å². The van der Waals surface area contributed by atoms with E-state index in [4.69, 9.17) is 16.3 Å². The fraction of sp³-hybridized carbons (Fsp3) is 0.440. The number of aromatic nitrogens is 2. The maximum atomic E-state index is 13.0. The van der Waals surface area contributed by atoms with E-state index >= 15 is 0 Å². The Balaban J connectivity index is 1.38. The van der Waals surface area contributed by atoms with Gasteiger partial charge in [-0.2, -0.15) is 0 Å². The number of fused-ring (bicyclic) bond motifs is 1.